The molecule has 0 bridgehead atoms. The third-order valence-corrected chi connectivity index (χ3v) is 3.85. The first-order chi connectivity index (χ1) is 13.2. The molecular weight excluding hydrogens is 411 g/mol. The summed E-state index contributed by atoms with van der Waals surface area (Å²) in [6, 6.07) is 5.64. The second kappa shape index (κ2) is 9.45. The summed E-state index contributed by atoms with van der Waals surface area (Å²) in [6.45, 7) is 3.46. The zero-order valence-corrected chi connectivity index (χ0v) is 15.5. The van der Waals surface area contributed by atoms with Crippen molar-refractivity contribution in [3.63, 3.8) is 0 Å². The number of hydrogen-bond donors (Lipinski definition) is 1. The van der Waals surface area contributed by atoms with Gasteiger partial charge in [0.05, 0.1) is 6.61 Å². The molecule has 0 aliphatic carbocycles. The van der Waals surface area contributed by atoms with Gasteiger partial charge in [0.15, 0.2) is 0 Å². The van der Waals surface area contributed by atoms with Gasteiger partial charge in [-0.3, -0.25) is 4.79 Å². The van der Waals surface area contributed by atoms with Crippen LogP contribution in [0.4, 0.5) is 30.7 Å². The van der Waals surface area contributed by atoms with E-state index in [1.165, 1.54) is 29.6 Å². The third-order valence-electron chi connectivity index (χ3n) is 3.85. The van der Waals surface area contributed by atoms with Gasteiger partial charge in [-0.2, -0.15) is 30.7 Å². The van der Waals surface area contributed by atoms with Gasteiger partial charge in [-0.15, -0.1) is 0 Å². The summed E-state index contributed by atoms with van der Waals surface area (Å²) in [6.07, 6.45) is -6.72. The van der Waals surface area contributed by atoms with Crippen LogP contribution in [0, 0.1) is 5.92 Å². The Hall–Kier alpha value is -2.33. The van der Waals surface area contributed by atoms with Crippen LogP contribution in [0.2, 0.25) is 0 Å². The molecule has 1 amide bonds. The van der Waals surface area contributed by atoms with E-state index in [4.69, 9.17) is 4.74 Å². The first kappa shape index (κ1) is 24.7. The standard InChI is InChI=1S/C18H20F7NO3/c1-11(2)8-9-29-14(27)13(10-12-6-4-3-5-7-12)26-15(28)16(19,20)17(21,22)18(23,24)25/h3-7,11,13H,8-10H2,1-2H3,(H,26,28). The first-order valence-corrected chi connectivity index (χ1v) is 8.54. The lowest BCUT2D eigenvalue weighted by atomic mass is 10.0. The summed E-state index contributed by atoms with van der Waals surface area (Å²) in [5.74, 6) is -16.8. The Morgan fingerprint density at radius 1 is 1.00 bits per heavy atom. The minimum atomic E-state index is -6.67. The maximum Gasteiger partial charge on any atom is 0.460 e. The van der Waals surface area contributed by atoms with Gasteiger partial charge >= 0.3 is 24.0 Å². The fraction of sp³-hybridized carbons (Fsp3) is 0.556. The molecule has 0 saturated carbocycles. The average Bonchev–Trinajstić information content (AvgIpc) is 2.60. The molecule has 29 heavy (non-hydrogen) atoms. The fourth-order valence-corrected chi connectivity index (χ4v) is 2.11. The van der Waals surface area contributed by atoms with Gasteiger partial charge in [0.1, 0.15) is 6.04 Å². The van der Waals surface area contributed by atoms with Gasteiger partial charge in [-0.25, -0.2) is 4.79 Å². The van der Waals surface area contributed by atoms with Crippen LogP contribution in [0.1, 0.15) is 25.8 Å². The van der Waals surface area contributed by atoms with Gasteiger partial charge in [0.25, 0.3) is 5.91 Å². The number of halogens is 7. The van der Waals surface area contributed by atoms with E-state index < -0.39 is 42.4 Å². The molecule has 0 aliphatic heterocycles. The molecule has 0 aromatic heterocycles. The van der Waals surface area contributed by atoms with Crippen molar-refractivity contribution in [2.75, 3.05) is 6.61 Å². The van der Waals surface area contributed by atoms with Crippen LogP contribution >= 0.6 is 0 Å². The molecule has 4 nitrogen and oxygen atoms in total. The van der Waals surface area contributed by atoms with Crippen LogP contribution in [0.3, 0.4) is 0 Å². The Labute approximate surface area is 162 Å². The second-order valence-corrected chi connectivity index (χ2v) is 6.71. The molecule has 1 N–H and O–H groups in total. The highest BCUT2D eigenvalue weighted by Gasteiger charge is 2.76. The SMILES string of the molecule is CC(C)CCOC(=O)C(Cc1ccccc1)NC(=O)C(F)(F)C(F)(F)C(F)(F)F. The molecule has 0 radical (unpaired) electrons. The number of amides is 1. The Kier molecular flexibility index (Phi) is 8.05. The smallest absolute Gasteiger partial charge is 0.460 e. The van der Waals surface area contributed by atoms with Crippen LogP contribution < -0.4 is 5.32 Å². The van der Waals surface area contributed by atoms with Crippen molar-refractivity contribution in [3.8, 4) is 0 Å². The molecule has 0 fully saturated rings. The maximum absolute atomic E-state index is 13.6. The highest BCUT2D eigenvalue weighted by Crippen LogP contribution is 2.46. The third kappa shape index (κ3) is 6.33. The Morgan fingerprint density at radius 3 is 2.03 bits per heavy atom. The number of alkyl halides is 7. The zero-order chi connectivity index (χ0) is 22.5. The lowest BCUT2D eigenvalue weighted by Gasteiger charge is -2.28. The largest absolute Gasteiger partial charge is 0.464 e. The average molecular weight is 431 g/mol. The summed E-state index contributed by atoms with van der Waals surface area (Å²) in [5.41, 5.74) is 0.338. The van der Waals surface area contributed by atoms with Crippen molar-refractivity contribution in [2.24, 2.45) is 5.92 Å². The van der Waals surface area contributed by atoms with E-state index in [1.807, 2.05) is 0 Å². The predicted octanol–water partition coefficient (Wildman–Crippen LogP) is 4.14. The molecule has 0 spiro atoms. The molecule has 0 aliphatic rings. The van der Waals surface area contributed by atoms with Crippen LogP contribution in [-0.2, 0) is 20.7 Å². The topological polar surface area (TPSA) is 55.4 Å². The van der Waals surface area contributed by atoms with Crippen LogP contribution in [0.15, 0.2) is 30.3 Å². The number of carbonyl (C=O) groups excluding carboxylic acids is 2. The molecule has 1 aromatic rings. The summed E-state index contributed by atoms with van der Waals surface area (Å²) in [7, 11) is 0. The monoisotopic (exact) mass is 431 g/mol. The number of carbonyl (C=O) groups is 2. The Bertz CT molecular complexity index is 690. The lowest BCUT2D eigenvalue weighted by Crippen LogP contribution is -2.61. The predicted molar refractivity (Wildman–Crippen MR) is 88.4 cm³/mol. The second-order valence-electron chi connectivity index (χ2n) is 6.71. The highest BCUT2D eigenvalue weighted by molar-refractivity contribution is 5.89. The Morgan fingerprint density at radius 2 is 1.55 bits per heavy atom. The number of esters is 1. The summed E-state index contributed by atoms with van der Waals surface area (Å²) in [5, 5.41) is 1.28. The van der Waals surface area contributed by atoms with Gasteiger partial charge < -0.3 is 10.1 Å². The van der Waals surface area contributed by atoms with Crippen LogP contribution in [0.5, 0.6) is 0 Å². The van der Waals surface area contributed by atoms with Crippen molar-refractivity contribution in [3.05, 3.63) is 35.9 Å². The molecule has 0 saturated heterocycles. The number of nitrogens with one attached hydrogen (secondary N) is 1. The minimum absolute atomic E-state index is 0.111. The van der Waals surface area contributed by atoms with Crippen molar-refractivity contribution < 1.29 is 45.1 Å². The van der Waals surface area contributed by atoms with E-state index >= 15 is 0 Å². The van der Waals surface area contributed by atoms with E-state index in [9.17, 15) is 40.3 Å². The number of rotatable bonds is 9. The van der Waals surface area contributed by atoms with Crippen molar-refractivity contribution in [1.29, 1.82) is 0 Å². The van der Waals surface area contributed by atoms with E-state index in [1.54, 1.807) is 19.9 Å². The van der Waals surface area contributed by atoms with Gasteiger partial charge in [0.2, 0.25) is 0 Å². The van der Waals surface area contributed by atoms with Gasteiger partial charge in [-0.05, 0) is 17.9 Å². The highest BCUT2D eigenvalue weighted by atomic mass is 19.4. The molecule has 0 heterocycles. The molecule has 1 unspecified atom stereocenters. The van der Waals surface area contributed by atoms with Crippen molar-refractivity contribution in [1.82, 2.24) is 5.32 Å². The minimum Gasteiger partial charge on any atom is -0.464 e. The van der Waals surface area contributed by atoms with Gasteiger partial charge in [-0.1, -0.05) is 44.2 Å². The molecule has 1 atom stereocenters. The lowest BCUT2D eigenvalue weighted by molar-refractivity contribution is -0.344. The first-order valence-electron chi connectivity index (χ1n) is 8.54. The van der Waals surface area contributed by atoms with E-state index in [-0.39, 0.29) is 12.5 Å². The molecular formula is C18H20F7NO3. The zero-order valence-electron chi connectivity index (χ0n) is 15.5. The van der Waals surface area contributed by atoms with E-state index in [2.05, 4.69) is 0 Å². The normalized spacial score (nSPS) is 13.9. The quantitative estimate of drug-likeness (QED) is 0.473. The summed E-state index contributed by atoms with van der Waals surface area (Å²) in [4.78, 5) is 23.7. The fourth-order valence-electron chi connectivity index (χ4n) is 2.11. The Balaban J connectivity index is 3.03. The maximum atomic E-state index is 13.6. The van der Waals surface area contributed by atoms with E-state index in [0.717, 1.165) is 0 Å². The molecule has 11 heteroatoms. The van der Waals surface area contributed by atoms with Crippen LogP contribution in [0.25, 0.3) is 0 Å². The molecule has 1 aromatic carbocycles. The van der Waals surface area contributed by atoms with Crippen molar-refractivity contribution >= 4 is 11.9 Å². The molecule has 1 rings (SSSR count). The summed E-state index contributed by atoms with van der Waals surface area (Å²) < 4.78 is 95.0. The summed E-state index contributed by atoms with van der Waals surface area (Å²) >= 11 is 0. The number of ether oxygens (including phenoxy) is 1. The van der Waals surface area contributed by atoms with Crippen molar-refractivity contribution in [2.45, 2.75) is 50.8 Å². The van der Waals surface area contributed by atoms with Crippen LogP contribution in [-0.4, -0.2) is 42.5 Å². The number of benzene rings is 1. The van der Waals surface area contributed by atoms with Gasteiger partial charge in [0, 0.05) is 6.42 Å². The number of hydrogen-bond acceptors (Lipinski definition) is 3. The van der Waals surface area contributed by atoms with E-state index in [0.29, 0.717) is 12.0 Å². The molecule has 164 valence electrons.